The summed E-state index contributed by atoms with van der Waals surface area (Å²) >= 11 is 4.79. The Labute approximate surface area is 75.4 Å². The third-order valence-corrected chi connectivity index (χ3v) is 0.960. The van der Waals surface area contributed by atoms with Crippen LogP contribution in [0.5, 0.6) is 0 Å². The van der Waals surface area contributed by atoms with Gasteiger partial charge in [0.1, 0.15) is 0 Å². The van der Waals surface area contributed by atoms with Gasteiger partial charge in [0.25, 0.3) is 0 Å². The molecule has 0 fully saturated rings. The second-order valence-corrected chi connectivity index (χ2v) is 1.71. The molecule has 0 saturated heterocycles. The zero-order chi connectivity index (χ0) is 5.11. The molecule has 1 nitrogen and oxygen atoms in total. The minimum absolute atomic E-state index is 0. The van der Waals surface area contributed by atoms with Crippen molar-refractivity contribution in [1.82, 2.24) is 4.98 Å². The first-order chi connectivity index (χ1) is 3.39. The van der Waals surface area contributed by atoms with E-state index < -0.39 is 0 Å². The van der Waals surface area contributed by atoms with E-state index in [1.807, 2.05) is 24.5 Å². The first-order valence-electron chi connectivity index (χ1n) is 2.03. The minimum atomic E-state index is 0. The summed E-state index contributed by atoms with van der Waals surface area (Å²) in [5.41, 5.74) is 0. The predicted octanol–water partition coefficient (Wildman–Crippen LogP) is 1.36. The van der Waals surface area contributed by atoms with Crippen molar-refractivity contribution in [2.24, 2.45) is 0 Å². The SMILES string of the molecule is S=c1cc[nH]cc1.[Na]. The van der Waals surface area contributed by atoms with Gasteiger partial charge in [-0.25, -0.2) is 0 Å². The molecule has 3 heteroatoms. The van der Waals surface area contributed by atoms with Crippen LogP contribution in [0.15, 0.2) is 24.5 Å². The summed E-state index contributed by atoms with van der Waals surface area (Å²) in [4.78, 5) is 2.87. The predicted molar refractivity (Wildman–Crippen MR) is 37.4 cm³/mol. The third kappa shape index (κ3) is 2.62. The first-order valence-corrected chi connectivity index (χ1v) is 2.43. The summed E-state index contributed by atoms with van der Waals surface area (Å²) in [5.74, 6) is 0. The van der Waals surface area contributed by atoms with Crippen molar-refractivity contribution < 1.29 is 0 Å². The van der Waals surface area contributed by atoms with E-state index in [1.165, 1.54) is 0 Å². The number of rotatable bonds is 0. The number of hydrogen-bond donors (Lipinski definition) is 1. The fourth-order valence-electron chi connectivity index (χ4n) is 0.372. The normalized spacial score (nSPS) is 7.50. The van der Waals surface area contributed by atoms with Crippen LogP contribution in [0.3, 0.4) is 0 Å². The molecule has 0 aliphatic heterocycles. The fourth-order valence-corrected chi connectivity index (χ4v) is 0.508. The van der Waals surface area contributed by atoms with Gasteiger partial charge in [-0.05, 0) is 12.1 Å². The molecule has 37 valence electrons. The molecule has 1 radical (unpaired) electrons. The molecule has 0 unspecified atom stereocenters. The first kappa shape index (κ1) is 8.37. The second kappa shape index (κ2) is 4.27. The summed E-state index contributed by atoms with van der Waals surface area (Å²) < 4.78 is 0.874. The molecule has 1 aromatic rings. The van der Waals surface area contributed by atoms with Crippen molar-refractivity contribution in [3.8, 4) is 0 Å². The number of nitrogens with one attached hydrogen (secondary N) is 1. The van der Waals surface area contributed by atoms with E-state index in [0.29, 0.717) is 0 Å². The van der Waals surface area contributed by atoms with Crippen LogP contribution in [0.2, 0.25) is 0 Å². The van der Waals surface area contributed by atoms with Crippen LogP contribution >= 0.6 is 12.2 Å². The zero-order valence-electron chi connectivity index (χ0n) is 4.72. The van der Waals surface area contributed by atoms with Crippen molar-refractivity contribution in [2.45, 2.75) is 0 Å². The quantitative estimate of drug-likeness (QED) is 0.418. The maximum atomic E-state index is 4.79. The van der Waals surface area contributed by atoms with Crippen LogP contribution in [-0.4, -0.2) is 34.5 Å². The second-order valence-electron chi connectivity index (χ2n) is 1.24. The Balaban J connectivity index is 0.000000490. The maximum Gasteiger partial charge on any atom is 0.0406 e. The third-order valence-electron chi connectivity index (χ3n) is 0.688. The molecular weight excluding hydrogens is 129 g/mol. The molecule has 0 spiro atoms. The standard InChI is InChI=1S/C5H5NS.Na/c7-5-1-3-6-4-2-5;/h1-4H,(H,6,7);. The van der Waals surface area contributed by atoms with Gasteiger partial charge in [0, 0.05) is 46.5 Å². The van der Waals surface area contributed by atoms with E-state index in [4.69, 9.17) is 12.2 Å². The van der Waals surface area contributed by atoms with E-state index >= 15 is 0 Å². The zero-order valence-corrected chi connectivity index (χ0v) is 7.53. The molecule has 0 aliphatic rings. The van der Waals surface area contributed by atoms with E-state index in [0.717, 1.165) is 4.51 Å². The van der Waals surface area contributed by atoms with Crippen LogP contribution in [-0.2, 0) is 0 Å². The molecule has 0 aliphatic carbocycles. The Morgan fingerprint density at radius 3 is 2.00 bits per heavy atom. The smallest absolute Gasteiger partial charge is 0.0406 e. The number of H-pyrrole nitrogens is 1. The summed E-state index contributed by atoms with van der Waals surface area (Å²) in [7, 11) is 0. The Hall–Kier alpha value is 0.370. The van der Waals surface area contributed by atoms with Crippen molar-refractivity contribution in [2.75, 3.05) is 0 Å². The number of hydrogen-bond acceptors (Lipinski definition) is 1. The summed E-state index contributed by atoms with van der Waals surface area (Å²) in [5, 5.41) is 0. The van der Waals surface area contributed by atoms with Crippen LogP contribution in [0.4, 0.5) is 0 Å². The van der Waals surface area contributed by atoms with Crippen LogP contribution in [0.25, 0.3) is 0 Å². The molecular formula is C5H5NNaS. The van der Waals surface area contributed by atoms with Gasteiger partial charge in [-0.1, -0.05) is 12.2 Å². The Kier molecular flexibility index (Phi) is 4.47. The fraction of sp³-hybridized carbons (Fsp3) is 0. The average Bonchev–Trinajstić information content (AvgIpc) is 1.69. The van der Waals surface area contributed by atoms with Crippen LogP contribution < -0.4 is 0 Å². The largest absolute Gasteiger partial charge is 0.368 e. The van der Waals surface area contributed by atoms with Crippen molar-refractivity contribution in [3.05, 3.63) is 29.0 Å². The van der Waals surface area contributed by atoms with Gasteiger partial charge in [-0.15, -0.1) is 0 Å². The molecule has 0 atom stereocenters. The van der Waals surface area contributed by atoms with Crippen LogP contribution in [0, 0.1) is 4.51 Å². The summed E-state index contributed by atoms with van der Waals surface area (Å²) in [6, 6.07) is 3.69. The molecule has 0 saturated carbocycles. The molecule has 0 aromatic carbocycles. The Bertz CT molecular complexity index is 178. The van der Waals surface area contributed by atoms with Gasteiger partial charge in [-0.3, -0.25) is 0 Å². The monoisotopic (exact) mass is 134 g/mol. The molecule has 8 heavy (non-hydrogen) atoms. The molecule has 1 N–H and O–H groups in total. The maximum absolute atomic E-state index is 4.79. The van der Waals surface area contributed by atoms with E-state index in [2.05, 4.69) is 4.98 Å². The van der Waals surface area contributed by atoms with Crippen molar-refractivity contribution >= 4 is 41.8 Å². The number of aromatic nitrogens is 1. The van der Waals surface area contributed by atoms with Gasteiger partial charge in [0.15, 0.2) is 0 Å². The topological polar surface area (TPSA) is 15.8 Å². The van der Waals surface area contributed by atoms with Gasteiger partial charge < -0.3 is 4.98 Å². The molecule has 0 bridgehead atoms. The van der Waals surface area contributed by atoms with E-state index in [9.17, 15) is 0 Å². The summed E-state index contributed by atoms with van der Waals surface area (Å²) in [6.07, 6.45) is 3.62. The summed E-state index contributed by atoms with van der Waals surface area (Å²) in [6.45, 7) is 0. The van der Waals surface area contributed by atoms with E-state index in [-0.39, 0.29) is 29.6 Å². The van der Waals surface area contributed by atoms with Gasteiger partial charge in [0.2, 0.25) is 0 Å². The van der Waals surface area contributed by atoms with Crippen LogP contribution in [0.1, 0.15) is 0 Å². The molecule has 1 heterocycles. The molecule has 0 amide bonds. The van der Waals surface area contributed by atoms with Crippen molar-refractivity contribution in [1.29, 1.82) is 0 Å². The molecule has 1 aromatic heterocycles. The number of aromatic amines is 1. The van der Waals surface area contributed by atoms with Gasteiger partial charge in [-0.2, -0.15) is 0 Å². The Morgan fingerprint density at radius 1 is 1.25 bits per heavy atom. The Morgan fingerprint density at radius 2 is 1.75 bits per heavy atom. The van der Waals surface area contributed by atoms with Gasteiger partial charge >= 0.3 is 0 Å². The van der Waals surface area contributed by atoms with E-state index in [1.54, 1.807) is 0 Å². The van der Waals surface area contributed by atoms with Crippen molar-refractivity contribution in [3.63, 3.8) is 0 Å². The number of pyridine rings is 1. The van der Waals surface area contributed by atoms with Gasteiger partial charge in [0.05, 0.1) is 0 Å². The minimum Gasteiger partial charge on any atom is -0.368 e. The average molecular weight is 134 g/mol. The molecule has 1 rings (SSSR count).